The van der Waals surface area contributed by atoms with Crippen molar-refractivity contribution >= 4 is 48.9 Å². The fourth-order valence-corrected chi connectivity index (χ4v) is 4.61. The summed E-state index contributed by atoms with van der Waals surface area (Å²) in [5.41, 5.74) is 0.845. The number of anilines is 1. The lowest BCUT2D eigenvalue weighted by Crippen LogP contribution is -2.13. The van der Waals surface area contributed by atoms with Crippen molar-refractivity contribution in [2.45, 2.75) is 18.4 Å². The van der Waals surface area contributed by atoms with Crippen molar-refractivity contribution in [1.82, 2.24) is 4.57 Å². The summed E-state index contributed by atoms with van der Waals surface area (Å²) in [6.07, 6.45) is 0. The van der Waals surface area contributed by atoms with Gasteiger partial charge in [0.05, 0.1) is 25.8 Å². The van der Waals surface area contributed by atoms with E-state index in [4.69, 9.17) is 11.6 Å². The van der Waals surface area contributed by atoms with Gasteiger partial charge in [0, 0.05) is 6.54 Å². The summed E-state index contributed by atoms with van der Waals surface area (Å²) in [6, 6.07) is 8.02. The number of benzene rings is 2. The first-order valence-corrected chi connectivity index (χ1v) is 9.61. The Kier molecular flexibility index (Phi) is 4.37. The van der Waals surface area contributed by atoms with Crippen LogP contribution in [0.1, 0.15) is 6.92 Å². The average Bonchev–Trinajstić information content (AvgIpc) is 2.84. The molecule has 2 aromatic carbocycles. The molecule has 0 atom stereocenters. The number of thiazole rings is 1. The average molecular weight is 387 g/mol. The zero-order valence-electron chi connectivity index (χ0n) is 12.4. The molecule has 5 nitrogen and oxygen atoms in total. The van der Waals surface area contributed by atoms with Gasteiger partial charge in [0.25, 0.3) is 10.0 Å². The van der Waals surface area contributed by atoms with Crippen LogP contribution in [0.2, 0.25) is 5.02 Å². The molecule has 0 radical (unpaired) electrons. The third-order valence-corrected chi connectivity index (χ3v) is 6.05. The summed E-state index contributed by atoms with van der Waals surface area (Å²) in [6.45, 7) is 2.36. The van der Waals surface area contributed by atoms with E-state index in [9.17, 15) is 17.6 Å². The maximum absolute atomic E-state index is 13.2. The van der Waals surface area contributed by atoms with Crippen molar-refractivity contribution in [2.24, 2.45) is 0 Å². The van der Waals surface area contributed by atoms with Crippen molar-refractivity contribution in [3.8, 4) is 0 Å². The molecular weight excluding hydrogens is 375 g/mol. The molecule has 1 heterocycles. The first-order chi connectivity index (χ1) is 11.3. The Morgan fingerprint density at radius 3 is 2.67 bits per heavy atom. The molecule has 0 aliphatic carbocycles. The lowest BCUT2D eigenvalue weighted by atomic mass is 10.3. The van der Waals surface area contributed by atoms with Crippen LogP contribution in [0.4, 0.5) is 10.1 Å². The molecule has 3 aromatic rings. The Labute approximate surface area is 146 Å². The van der Waals surface area contributed by atoms with Gasteiger partial charge >= 0.3 is 4.87 Å². The van der Waals surface area contributed by atoms with Crippen LogP contribution in [-0.4, -0.2) is 13.0 Å². The third-order valence-electron chi connectivity index (χ3n) is 3.44. The molecule has 126 valence electrons. The van der Waals surface area contributed by atoms with Gasteiger partial charge in [-0.3, -0.25) is 14.1 Å². The molecule has 24 heavy (non-hydrogen) atoms. The minimum atomic E-state index is -3.88. The number of aryl methyl sites for hydroxylation is 1. The number of nitrogens with zero attached hydrogens (tertiary/aromatic N) is 1. The number of hydrogen-bond acceptors (Lipinski definition) is 4. The highest BCUT2D eigenvalue weighted by Crippen LogP contribution is 2.25. The summed E-state index contributed by atoms with van der Waals surface area (Å²) in [5, 5.41) is -0.177. The maximum atomic E-state index is 13.2. The molecule has 0 bridgehead atoms. The number of sulfonamides is 1. The van der Waals surface area contributed by atoms with Crippen molar-refractivity contribution in [3.05, 3.63) is 56.9 Å². The van der Waals surface area contributed by atoms with Gasteiger partial charge in [-0.15, -0.1) is 0 Å². The minimum absolute atomic E-state index is 0.0138. The van der Waals surface area contributed by atoms with E-state index in [2.05, 4.69) is 4.72 Å². The van der Waals surface area contributed by atoms with E-state index < -0.39 is 15.8 Å². The second kappa shape index (κ2) is 6.19. The van der Waals surface area contributed by atoms with Crippen LogP contribution in [0.3, 0.4) is 0 Å². The second-order valence-corrected chi connectivity index (χ2v) is 8.06. The number of halogens is 2. The zero-order chi connectivity index (χ0) is 17.5. The van der Waals surface area contributed by atoms with Gasteiger partial charge in [-0.25, -0.2) is 12.8 Å². The van der Waals surface area contributed by atoms with E-state index in [1.165, 1.54) is 24.3 Å². The number of hydrogen-bond donors (Lipinski definition) is 1. The van der Waals surface area contributed by atoms with Crippen molar-refractivity contribution in [2.75, 3.05) is 4.72 Å². The quantitative estimate of drug-likeness (QED) is 0.743. The van der Waals surface area contributed by atoms with Crippen LogP contribution in [0.25, 0.3) is 10.2 Å². The Morgan fingerprint density at radius 1 is 1.25 bits per heavy atom. The first kappa shape index (κ1) is 16.9. The lowest BCUT2D eigenvalue weighted by molar-refractivity contribution is 0.601. The molecule has 9 heteroatoms. The van der Waals surface area contributed by atoms with E-state index in [1.54, 1.807) is 10.6 Å². The molecule has 0 amide bonds. The first-order valence-electron chi connectivity index (χ1n) is 6.93. The fourth-order valence-electron chi connectivity index (χ4n) is 2.29. The van der Waals surface area contributed by atoms with Crippen molar-refractivity contribution < 1.29 is 12.8 Å². The summed E-state index contributed by atoms with van der Waals surface area (Å²) >= 11 is 6.65. The Bertz CT molecular complexity index is 1090. The van der Waals surface area contributed by atoms with Crippen LogP contribution in [0.15, 0.2) is 46.1 Å². The molecule has 0 saturated heterocycles. The largest absolute Gasteiger partial charge is 0.308 e. The minimum Gasteiger partial charge on any atom is -0.299 e. The van der Waals surface area contributed by atoms with Gasteiger partial charge in [-0.1, -0.05) is 22.9 Å². The molecule has 0 aliphatic rings. The van der Waals surface area contributed by atoms with Gasteiger partial charge in [-0.2, -0.15) is 0 Å². The van der Waals surface area contributed by atoms with Gasteiger partial charge < -0.3 is 0 Å². The van der Waals surface area contributed by atoms with Crippen molar-refractivity contribution in [3.63, 3.8) is 0 Å². The van der Waals surface area contributed by atoms with E-state index in [0.717, 1.165) is 17.4 Å². The van der Waals surface area contributed by atoms with Gasteiger partial charge in [0.15, 0.2) is 0 Å². The number of nitrogens with one attached hydrogen (secondary N) is 1. The monoisotopic (exact) mass is 386 g/mol. The van der Waals surface area contributed by atoms with Crippen LogP contribution in [0, 0.1) is 5.82 Å². The number of aromatic nitrogens is 1. The lowest BCUT2D eigenvalue weighted by Gasteiger charge is -2.09. The summed E-state index contributed by atoms with van der Waals surface area (Å²) in [7, 11) is -3.88. The zero-order valence-corrected chi connectivity index (χ0v) is 14.8. The predicted octanol–water partition coefficient (Wildman–Crippen LogP) is 3.68. The van der Waals surface area contributed by atoms with Crippen molar-refractivity contribution in [1.29, 1.82) is 0 Å². The molecule has 3 rings (SSSR count). The molecule has 0 saturated carbocycles. The molecule has 0 aliphatic heterocycles. The highest BCUT2D eigenvalue weighted by atomic mass is 35.5. The normalized spacial score (nSPS) is 11.8. The Morgan fingerprint density at radius 2 is 2.00 bits per heavy atom. The van der Waals surface area contributed by atoms with Gasteiger partial charge in [0.2, 0.25) is 0 Å². The number of rotatable bonds is 4. The van der Waals surface area contributed by atoms with E-state index in [1.807, 2.05) is 6.92 Å². The van der Waals surface area contributed by atoms with Crippen LogP contribution in [0.5, 0.6) is 0 Å². The standard InChI is InChI=1S/C15H12ClFN2O3S2/c1-2-19-13-6-4-10(8-14(13)23-15(19)20)24(21,22)18-9-3-5-12(17)11(16)7-9/h3-8,18H,2H2,1H3. The van der Waals surface area contributed by atoms with Crippen LogP contribution >= 0.6 is 22.9 Å². The van der Waals surface area contributed by atoms with Crippen LogP contribution < -0.4 is 9.60 Å². The molecule has 0 unspecified atom stereocenters. The molecule has 1 aromatic heterocycles. The summed E-state index contributed by atoms with van der Waals surface area (Å²) in [5.74, 6) is -0.633. The Balaban J connectivity index is 2.01. The molecular formula is C15H12ClFN2O3S2. The highest BCUT2D eigenvalue weighted by Gasteiger charge is 2.17. The second-order valence-electron chi connectivity index (χ2n) is 4.98. The SMILES string of the molecule is CCn1c(=O)sc2cc(S(=O)(=O)Nc3ccc(F)c(Cl)c3)ccc21. The number of fused-ring (bicyclic) bond motifs is 1. The summed E-state index contributed by atoms with van der Waals surface area (Å²) < 4.78 is 42.6. The fraction of sp³-hybridized carbons (Fsp3) is 0.133. The smallest absolute Gasteiger partial charge is 0.299 e. The summed E-state index contributed by atoms with van der Waals surface area (Å²) in [4.78, 5) is 11.7. The third kappa shape index (κ3) is 3.04. The molecule has 0 fully saturated rings. The van der Waals surface area contributed by atoms with E-state index in [-0.39, 0.29) is 20.5 Å². The van der Waals surface area contributed by atoms with Gasteiger partial charge in [0.1, 0.15) is 5.82 Å². The maximum Gasteiger partial charge on any atom is 0.308 e. The Hall–Kier alpha value is -1.90. The molecule has 1 N–H and O–H groups in total. The molecule has 0 spiro atoms. The highest BCUT2D eigenvalue weighted by molar-refractivity contribution is 7.92. The van der Waals surface area contributed by atoms with E-state index in [0.29, 0.717) is 16.8 Å². The topological polar surface area (TPSA) is 68.2 Å². The van der Waals surface area contributed by atoms with Gasteiger partial charge in [-0.05, 0) is 43.3 Å². The predicted molar refractivity (Wildman–Crippen MR) is 94.0 cm³/mol. The van der Waals surface area contributed by atoms with Crippen LogP contribution in [-0.2, 0) is 16.6 Å². The van der Waals surface area contributed by atoms with E-state index >= 15 is 0 Å².